The maximum absolute atomic E-state index is 12.3. The number of rotatable bonds is 6. The molecule has 0 radical (unpaired) electrons. The highest BCUT2D eigenvalue weighted by Crippen LogP contribution is 2.10. The van der Waals surface area contributed by atoms with E-state index in [4.69, 9.17) is 4.74 Å². The molecular formula is C14H24N6O3. The average Bonchev–Trinajstić information content (AvgIpc) is 2.88. The highest BCUT2D eigenvalue weighted by molar-refractivity contribution is 5.79. The summed E-state index contributed by atoms with van der Waals surface area (Å²) in [5, 5.41) is 13.7. The molecule has 2 N–H and O–H groups in total. The molecule has 0 aliphatic carbocycles. The Morgan fingerprint density at radius 1 is 1.52 bits per heavy atom. The van der Waals surface area contributed by atoms with E-state index >= 15 is 0 Å². The lowest BCUT2D eigenvalue weighted by atomic mass is 10.3. The normalized spacial score (nSPS) is 16.6. The smallest absolute Gasteiger partial charge is 0.318 e. The van der Waals surface area contributed by atoms with Gasteiger partial charge in [-0.15, -0.1) is 10.2 Å². The molecule has 0 saturated carbocycles. The lowest BCUT2D eigenvalue weighted by Crippen LogP contribution is -2.43. The summed E-state index contributed by atoms with van der Waals surface area (Å²) in [5.41, 5.74) is 0. The van der Waals surface area contributed by atoms with Gasteiger partial charge in [0.15, 0.2) is 5.82 Å². The van der Waals surface area contributed by atoms with Crippen molar-refractivity contribution in [3.63, 3.8) is 0 Å². The van der Waals surface area contributed by atoms with Crippen LogP contribution in [0.25, 0.3) is 0 Å². The van der Waals surface area contributed by atoms with Gasteiger partial charge in [0.1, 0.15) is 6.33 Å². The van der Waals surface area contributed by atoms with E-state index in [1.807, 2.05) is 11.5 Å². The van der Waals surface area contributed by atoms with Gasteiger partial charge >= 0.3 is 6.03 Å². The van der Waals surface area contributed by atoms with E-state index in [0.29, 0.717) is 38.5 Å². The van der Waals surface area contributed by atoms with E-state index in [1.165, 1.54) is 0 Å². The number of aryl methyl sites for hydroxylation is 1. The Balaban J connectivity index is 1.90. The van der Waals surface area contributed by atoms with Gasteiger partial charge in [0.05, 0.1) is 6.04 Å². The fourth-order valence-electron chi connectivity index (χ4n) is 2.46. The minimum Gasteiger partial charge on any atom is -0.385 e. The van der Waals surface area contributed by atoms with Crippen LogP contribution in [0, 0.1) is 0 Å². The van der Waals surface area contributed by atoms with Crippen LogP contribution in [0.5, 0.6) is 0 Å². The Morgan fingerprint density at radius 3 is 3.13 bits per heavy atom. The second-order valence-electron chi connectivity index (χ2n) is 5.49. The highest BCUT2D eigenvalue weighted by atomic mass is 16.5. The zero-order chi connectivity index (χ0) is 16.7. The topological polar surface area (TPSA) is 101 Å². The van der Waals surface area contributed by atoms with Gasteiger partial charge in [-0.05, 0) is 13.3 Å². The van der Waals surface area contributed by atoms with Crippen molar-refractivity contribution in [3.05, 3.63) is 12.2 Å². The third kappa shape index (κ3) is 4.92. The van der Waals surface area contributed by atoms with Crippen molar-refractivity contribution in [2.75, 3.05) is 33.4 Å². The number of carbonyl (C=O) groups is 2. The van der Waals surface area contributed by atoms with Crippen LogP contribution >= 0.6 is 0 Å². The van der Waals surface area contributed by atoms with E-state index in [2.05, 4.69) is 20.8 Å². The predicted octanol–water partition coefficient (Wildman–Crippen LogP) is -0.0929. The Morgan fingerprint density at radius 2 is 2.35 bits per heavy atom. The number of carbonyl (C=O) groups excluding carboxylic acids is 2. The maximum Gasteiger partial charge on any atom is 0.318 e. The van der Waals surface area contributed by atoms with Crippen LogP contribution in [0.3, 0.4) is 0 Å². The van der Waals surface area contributed by atoms with Crippen molar-refractivity contribution in [2.24, 2.45) is 0 Å². The molecule has 0 spiro atoms. The number of hydrogen-bond acceptors (Lipinski definition) is 5. The molecule has 1 aliphatic rings. The van der Waals surface area contributed by atoms with Gasteiger partial charge < -0.3 is 24.8 Å². The maximum atomic E-state index is 12.3. The quantitative estimate of drug-likeness (QED) is 0.712. The first kappa shape index (κ1) is 17.2. The summed E-state index contributed by atoms with van der Waals surface area (Å²) < 4.78 is 6.96. The highest BCUT2D eigenvalue weighted by Gasteiger charge is 2.22. The van der Waals surface area contributed by atoms with Gasteiger partial charge in [0, 0.05) is 46.3 Å². The van der Waals surface area contributed by atoms with Crippen molar-refractivity contribution in [2.45, 2.75) is 32.4 Å². The minimum atomic E-state index is -0.264. The van der Waals surface area contributed by atoms with E-state index in [9.17, 15) is 9.59 Å². The molecular weight excluding hydrogens is 300 g/mol. The Bertz CT molecular complexity index is 532. The summed E-state index contributed by atoms with van der Waals surface area (Å²) in [7, 11) is 1.66. The number of nitrogens with one attached hydrogen (secondary N) is 2. The number of ether oxygens (including phenoxy) is 1. The zero-order valence-corrected chi connectivity index (χ0v) is 13.6. The molecule has 1 atom stereocenters. The molecule has 9 nitrogen and oxygen atoms in total. The molecule has 1 aromatic rings. The Kier molecular flexibility index (Phi) is 6.33. The summed E-state index contributed by atoms with van der Waals surface area (Å²) >= 11 is 0. The first-order valence-electron chi connectivity index (χ1n) is 7.80. The van der Waals surface area contributed by atoms with Crippen molar-refractivity contribution in [1.82, 2.24) is 30.3 Å². The van der Waals surface area contributed by atoms with E-state index in [0.717, 1.165) is 13.0 Å². The third-order valence-electron chi connectivity index (χ3n) is 3.72. The molecule has 128 valence electrons. The first-order chi connectivity index (χ1) is 11.1. The predicted molar refractivity (Wildman–Crippen MR) is 82.7 cm³/mol. The summed E-state index contributed by atoms with van der Waals surface area (Å²) in [6.45, 7) is 4.67. The summed E-state index contributed by atoms with van der Waals surface area (Å²) in [5.74, 6) is 0.685. The van der Waals surface area contributed by atoms with Crippen LogP contribution in [0.15, 0.2) is 6.33 Å². The van der Waals surface area contributed by atoms with Crippen molar-refractivity contribution in [3.8, 4) is 0 Å². The molecule has 2 rings (SSSR count). The van der Waals surface area contributed by atoms with Gasteiger partial charge in [-0.1, -0.05) is 0 Å². The lowest BCUT2D eigenvalue weighted by molar-refractivity contribution is -0.120. The average molecular weight is 324 g/mol. The number of methoxy groups -OCH3 is 1. The van der Waals surface area contributed by atoms with Gasteiger partial charge in [0.2, 0.25) is 5.91 Å². The van der Waals surface area contributed by atoms with Gasteiger partial charge in [-0.25, -0.2) is 4.79 Å². The molecule has 2 heterocycles. The van der Waals surface area contributed by atoms with Crippen molar-refractivity contribution in [1.29, 1.82) is 0 Å². The minimum absolute atomic E-state index is 0.0220. The Labute approximate surface area is 135 Å². The van der Waals surface area contributed by atoms with Gasteiger partial charge in [-0.3, -0.25) is 4.79 Å². The Hall–Kier alpha value is -2.16. The fraction of sp³-hybridized carbons (Fsp3) is 0.714. The van der Waals surface area contributed by atoms with E-state index < -0.39 is 0 Å². The number of urea groups is 1. The monoisotopic (exact) mass is 324 g/mol. The van der Waals surface area contributed by atoms with Crippen molar-refractivity contribution < 1.29 is 14.3 Å². The standard InChI is InChI=1S/C14H24N6O3/c1-11(13-18-16-10-20(13)6-3-9-23-2)17-14(22)19-7-4-12(21)15-5-8-19/h10-11H,3-9H2,1-2H3,(H,15,21)(H,17,22)/t11-/m0/s1. The number of aromatic nitrogens is 3. The van der Waals surface area contributed by atoms with Gasteiger partial charge in [-0.2, -0.15) is 0 Å². The summed E-state index contributed by atoms with van der Waals surface area (Å²) in [6.07, 6.45) is 2.83. The molecule has 9 heteroatoms. The van der Waals surface area contributed by atoms with Crippen LogP contribution in [-0.4, -0.2) is 65.0 Å². The van der Waals surface area contributed by atoms with Crippen LogP contribution in [0.1, 0.15) is 31.6 Å². The number of hydrogen-bond donors (Lipinski definition) is 2. The molecule has 23 heavy (non-hydrogen) atoms. The molecule has 1 fully saturated rings. The molecule has 0 bridgehead atoms. The SMILES string of the molecule is COCCCn1cnnc1[C@H](C)NC(=O)N1CCNC(=O)CC1. The molecule has 0 aromatic carbocycles. The summed E-state index contributed by atoms with van der Waals surface area (Å²) in [6, 6.07) is -0.458. The largest absolute Gasteiger partial charge is 0.385 e. The van der Waals surface area contributed by atoms with Crippen LogP contribution < -0.4 is 10.6 Å². The fourth-order valence-corrected chi connectivity index (χ4v) is 2.46. The zero-order valence-electron chi connectivity index (χ0n) is 13.6. The molecule has 1 aliphatic heterocycles. The second kappa shape index (κ2) is 8.47. The molecule has 0 unspecified atom stereocenters. The number of amides is 3. The molecule has 1 aromatic heterocycles. The molecule has 1 saturated heterocycles. The second-order valence-corrected chi connectivity index (χ2v) is 5.49. The van der Waals surface area contributed by atoms with Gasteiger partial charge in [0.25, 0.3) is 0 Å². The number of nitrogens with zero attached hydrogens (tertiary/aromatic N) is 4. The van der Waals surface area contributed by atoms with Crippen LogP contribution in [-0.2, 0) is 16.1 Å². The van der Waals surface area contributed by atoms with E-state index in [1.54, 1.807) is 18.3 Å². The first-order valence-corrected chi connectivity index (χ1v) is 7.80. The van der Waals surface area contributed by atoms with E-state index in [-0.39, 0.29) is 18.0 Å². The summed E-state index contributed by atoms with van der Waals surface area (Å²) in [4.78, 5) is 25.3. The van der Waals surface area contributed by atoms with Crippen molar-refractivity contribution >= 4 is 11.9 Å². The lowest BCUT2D eigenvalue weighted by Gasteiger charge is -2.23. The molecule has 3 amide bonds. The van der Waals surface area contributed by atoms with Crippen LogP contribution in [0.2, 0.25) is 0 Å². The van der Waals surface area contributed by atoms with Crippen LogP contribution in [0.4, 0.5) is 4.79 Å². The third-order valence-corrected chi connectivity index (χ3v) is 3.72.